The van der Waals surface area contributed by atoms with Crippen molar-refractivity contribution in [2.45, 2.75) is 20.8 Å². The third-order valence-corrected chi connectivity index (χ3v) is 2.71. The lowest BCUT2D eigenvalue weighted by atomic mass is 10.00. The molecule has 0 fully saturated rings. The van der Waals surface area contributed by atoms with Crippen LogP contribution in [0.15, 0.2) is 17.7 Å². The summed E-state index contributed by atoms with van der Waals surface area (Å²) in [5, 5.41) is 3.09. The first kappa shape index (κ1) is 13.2. The molecule has 0 aliphatic heterocycles. The van der Waals surface area contributed by atoms with Gasteiger partial charge in [-0.2, -0.15) is 0 Å². The quantitative estimate of drug-likeness (QED) is 0.375. The molecule has 3 nitrogen and oxygen atoms in total. The number of benzene rings is 1. The molecule has 0 aliphatic rings. The van der Waals surface area contributed by atoms with Gasteiger partial charge in [-0.3, -0.25) is 9.59 Å². The molecule has 1 rings (SSSR count). The van der Waals surface area contributed by atoms with Crippen LogP contribution in [-0.4, -0.2) is 19.1 Å². The largest absolute Gasteiger partial charge is 0.388 e. The SMILES string of the molecule is CNc1cc(C)cc(/C=C(/C=O)C(C)=O)c1C. The Hall–Kier alpha value is -1.90. The molecule has 1 N–H and O–H groups in total. The molecular weight excluding hydrogens is 214 g/mol. The van der Waals surface area contributed by atoms with Gasteiger partial charge in [0.1, 0.15) is 0 Å². The van der Waals surface area contributed by atoms with Crippen molar-refractivity contribution in [3.05, 3.63) is 34.4 Å². The first-order valence-electron chi connectivity index (χ1n) is 5.46. The summed E-state index contributed by atoms with van der Waals surface area (Å²) in [4.78, 5) is 22.0. The van der Waals surface area contributed by atoms with Gasteiger partial charge >= 0.3 is 0 Å². The van der Waals surface area contributed by atoms with E-state index in [1.165, 1.54) is 6.92 Å². The summed E-state index contributed by atoms with van der Waals surface area (Å²) < 4.78 is 0. The summed E-state index contributed by atoms with van der Waals surface area (Å²) in [6.07, 6.45) is 2.24. The molecule has 0 aliphatic carbocycles. The molecule has 17 heavy (non-hydrogen) atoms. The first-order valence-corrected chi connectivity index (χ1v) is 5.46. The number of aldehydes is 1. The minimum Gasteiger partial charge on any atom is -0.388 e. The van der Waals surface area contributed by atoms with Crippen molar-refractivity contribution in [1.29, 1.82) is 0 Å². The van der Waals surface area contributed by atoms with Crippen molar-refractivity contribution in [1.82, 2.24) is 0 Å². The van der Waals surface area contributed by atoms with E-state index in [-0.39, 0.29) is 11.4 Å². The molecule has 0 saturated heterocycles. The standard InChI is InChI=1S/C14H17NO2/c1-9-5-12(7-13(8-16)11(3)17)10(2)14(6-9)15-4/h5-8,15H,1-4H3/b13-7-. The van der Waals surface area contributed by atoms with Crippen LogP contribution in [0.2, 0.25) is 0 Å². The van der Waals surface area contributed by atoms with Gasteiger partial charge < -0.3 is 5.32 Å². The fraction of sp³-hybridized carbons (Fsp3) is 0.286. The van der Waals surface area contributed by atoms with Crippen molar-refractivity contribution in [2.24, 2.45) is 0 Å². The van der Waals surface area contributed by atoms with Crippen LogP contribution in [0, 0.1) is 13.8 Å². The lowest BCUT2D eigenvalue weighted by Gasteiger charge is -2.10. The zero-order valence-electron chi connectivity index (χ0n) is 10.6. The summed E-state index contributed by atoms with van der Waals surface area (Å²) in [5.74, 6) is -0.216. The van der Waals surface area contributed by atoms with Gasteiger partial charge in [0.15, 0.2) is 12.1 Å². The molecule has 1 aromatic carbocycles. The number of aryl methyl sites for hydroxylation is 1. The Kier molecular flexibility index (Phi) is 4.21. The third kappa shape index (κ3) is 3.03. The van der Waals surface area contributed by atoms with Gasteiger partial charge in [-0.1, -0.05) is 6.07 Å². The summed E-state index contributed by atoms with van der Waals surface area (Å²) in [6.45, 7) is 5.33. The number of rotatable bonds is 4. The van der Waals surface area contributed by atoms with E-state index in [1.807, 2.05) is 33.0 Å². The van der Waals surface area contributed by atoms with E-state index in [0.717, 1.165) is 22.4 Å². The molecule has 0 unspecified atom stereocenters. The maximum absolute atomic E-state index is 11.2. The summed E-state index contributed by atoms with van der Waals surface area (Å²) in [7, 11) is 1.85. The van der Waals surface area contributed by atoms with Crippen molar-refractivity contribution in [2.75, 3.05) is 12.4 Å². The topological polar surface area (TPSA) is 46.2 Å². The van der Waals surface area contributed by atoms with E-state index < -0.39 is 0 Å². The van der Waals surface area contributed by atoms with Gasteiger partial charge in [-0.15, -0.1) is 0 Å². The highest BCUT2D eigenvalue weighted by Crippen LogP contribution is 2.23. The van der Waals surface area contributed by atoms with Crippen molar-refractivity contribution < 1.29 is 9.59 Å². The number of allylic oxidation sites excluding steroid dienone is 1. The van der Waals surface area contributed by atoms with Crippen LogP contribution in [0.25, 0.3) is 6.08 Å². The van der Waals surface area contributed by atoms with Gasteiger partial charge in [0, 0.05) is 12.7 Å². The molecule has 0 atom stereocenters. The molecular formula is C14H17NO2. The minimum atomic E-state index is -0.216. The average Bonchev–Trinajstić information content (AvgIpc) is 2.29. The Bertz CT molecular complexity index is 487. The maximum atomic E-state index is 11.2. The molecule has 0 saturated carbocycles. The average molecular weight is 231 g/mol. The van der Waals surface area contributed by atoms with E-state index in [0.29, 0.717) is 6.29 Å². The van der Waals surface area contributed by atoms with Crippen LogP contribution in [0.5, 0.6) is 0 Å². The number of ketones is 1. The van der Waals surface area contributed by atoms with Gasteiger partial charge in [0.25, 0.3) is 0 Å². The van der Waals surface area contributed by atoms with Crippen LogP contribution in [0.1, 0.15) is 23.6 Å². The van der Waals surface area contributed by atoms with E-state index in [2.05, 4.69) is 5.32 Å². The molecule has 0 radical (unpaired) electrons. The Morgan fingerprint density at radius 3 is 2.41 bits per heavy atom. The predicted molar refractivity (Wildman–Crippen MR) is 70.2 cm³/mol. The van der Waals surface area contributed by atoms with Crippen LogP contribution in [0.4, 0.5) is 5.69 Å². The molecule has 0 aromatic heterocycles. The lowest BCUT2D eigenvalue weighted by Crippen LogP contribution is -2.00. The Morgan fingerprint density at radius 2 is 1.94 bits per heavy atom. The fourth-order valence-electron chi connectivity index (χ4n) is 1.68. The molecule has 0 amide bonds. The minimum absolute atomic E-state index is 0.195. The molecule has 0 spiro atoms. The van der Waals surface area contributed by atoms with Crippen LogP contribution >= 0.6 is 0 Å². The Morgan fingerprint density at radius 1 is 1.29 bits per heavy atom. The summed E-state index contributed by atoms with van der Waals surface area (Å²) in [5.41, 5.74) is 4.20. The molecule has 1 aromatic rings. The summed E-state index contributed by atoms with van der Waals surface area (Å²) in [6, 6.07) is 3.99. The second kappa shape index (κ2) is 5.43. The Balaban J connectivity index is 3.36. The van der Waals surface area contributed by atoms with Crippen molar-refractivity contribution in [3.8, 4) is 0 Å². The van der Waals surface area contributed by atoms with Crippen LogP contribution in [-0.2, 0) is 9.59 Å². The highest BCUT2D eigenvalue weighted by molar-refractivity contribution is 6.14. The second-order valence-corrected chi connectivity index (χ2v) is 4.05. The van der Waals surface area contributed by atoms with E-state index in [4.69, 9.17) is 0 Å². The van der Waals surface area contributed by atoms with Gasteiger partial charge in [-0.05, 0) is 49.6 Å². The van der Waals surface area contributed by atoms with E-state index in [1.54, 1.807) is 6.08 Å². The number of carbonyl (C=O) groups excluding carboxylic acids is 2. The number of hydrogen-bond acceptors (Lipinski definition) is 3. The van der Waals surface area contributed by atoms with Gasteiger partial charge in [0.2, 0.25) is 0 Å². The number of nitrogens with one attached hydrogen (secondary N) is 1. The predicted octanol–water partition coefficient (Wildman–Crippen LogP) is 2.52. The summed E-state index contributed by atoms with van der Waals surface area (Å²) >= 11 is 0. The van der Waals surface area contributed by atoms with Gasteiger partial charge in [0.05, 0.1) is 5.57 Å². The highest BCUT2D eigenvalue weighted by Gasteiger charge is 2.06. The molecule has 0 bridgehead atoms. The number of carbonyl (C=O) groups is 2. The molecule has 3 heteroatoms. The second-order valence-electron chi connectivity index (χ2n) is 4.05. The number of anilines is 1. The number of hydrogen-bond donors (Lipinski definition) is 1. The van der Waals surface area contributed by atoms with E-state index in [9.17, 15) is 9.59 Å². The van der Waals surface area contributed by atoms with Crippen molar-refractivity contribution >= 4 is 23.8 Å². The lowest BCUT2D eigenvalue weighted by molar-refractivity contribution is -0.115. The van der Waals surface area contributed by atoms with Crippen LogP contribution in [0.3, 0.4) is 0 Å². The fourth-order valence-corrected chi connectivity index (χ4v) is 1.68. The van der Waals surface area contributed by atoms with E-state index >= 15 is 0 Å². The van der Waals surface area contributed by atoms with Gasteiger partial charge in [-0.25, -0.2) is 0 Å². The zero-order chi connectivity index (χ0) is 13.0. The smallest absolute Gasteiger partial charge is 0.163 e. The van der Waals surface area contributed by atoms with Crippen LogP contribution < -0.4 is 5.32 Å². The molecule has 0 heterocycles. The maximum Gasteiger partial charge on any atom is 0.163 e. The van der Waals surface area contributed by atoms with Crippen molar-refractivity contribution in [3.63, 3.8) is 0 Å². The third-order valence-electron chi connectivity index (χ3n) is 2.71. The normalized spacial score (nSPS) is 11.2. The molecule has 90 valence electrons. The number of Topliss-reactive ketones (excluding diaryl/α,β-unsaturated/α-hetero) is 1. The highest BCUT2D eigenvalue weighted by atomic mass is 16.1. The monoisotopic (exact) mass is 231 g/mol. The first-order chi connectivity index (χ1) is 7.99. The zero-order valence-corrected chi connectivity index (χ0v) is 10.6. The Labute approximate surface area is 102 Å².